The summed E-state index contributed by atoms with van der Waals surface area (Å²) in [4.78, 5) is 18.5. The van der Waals surface area contributed by atoms with E-state index in [-0.39, 0.29) is 23.9 Å². The zero-order chi connectivity index (χ0) is 13.9. The van der Waals surface area contributed by atoms with Crippen LogP contribution in [0.5, 0.6) is 0 Å². The van der Waals surface area contributed by atoms with E-state index in [1.165, 1.54) is 0 Å². The first-order valence-electron chi connectivity index (χ1n) is 6.33. The number of likely N-dealkylation sites (N-methyl/N-ethyl adjacent to an activating group) is 2. The Hall–Kier alpha value is -1.12. The minimum atomic E-state index is -0.287. The molecule has 102 valence electrons. The second-order valence-corrected chi connectivity index (χ2v) is 5.90. The number of carbonyl (C=O) groups is 1. The van der Waals surface area contributed by atoms with Crippen LogP contribution >= 0.6 is 0 Å². The van der Waals surface area contributed by atoms with Crippen molar-refractivity contribution in [2.24, 2.45) is 0 Å². The molecule has 0 aliphatic carbocycles. The molecule has 0 radical (unpaired) electrons. The van der Waals surface area contributed by atoms with Gasteiger partial charge in [0.1, 0.15) is 6.04 Å². The van der Waals surface area contributed by atoms with E-state index in [2.05, 4.69) is 24.8 Å². The maximum atomic E-state index is 12.5. The van der Waals surface area contributed by atoms with Gasteiger partial charge in [0.2, 0.25) is 5.91 Å². The third-order valence-electron chi connectivity index (χ3n) is 3.51. The largest absolute Gasteiger partial charge is 0.334 e. The Morgan fingerprint density at radius 3 is 2.61 bits per heavy atom. The Labute approximate surface area is 110 Å². The van der Waals surface area contributed by atoms with E-state index in [1.807, 2.05) is 30.9 Å². The minimum Gasteiger partial charge on any atom is -0.334 e. The van der Waals surface area contributed by atoms with Gasteiger partial charge >= 0.3 is 0 Å². The fourth-order valence-corrected chi connectivity index (χ4v) is 2.52. The van der Waals surface area contributed by atoms with Gasteiger partial charge in [0.05, 0.1) is 18.0 Å². The lowest BCUT2D eigenvalue weighted by Gasteiger charge is -2.49. The summed E-state index contributed by atoms with van der Waals surface area (Å²) in [5.74, 6) is 0.0807. The maximum absolute atomic E-state index is 12.5. The molecule has 0 aromatic rings. The van der Waals surface area contributed by atoms with Gasteiger partial charge in [-0.15, -0.1) is 0 Å². The molecule has 0 saturated carbocycles. The first kappa shape index (κ1) is 14.9. The zero-order valence-corrected chi connectivity index (χ0v) is 12.1. The summed E-state index contributed by atoms with van der Waals surface area (Å²) in [5.41, 5.74) is -0.173. The Bertz CT molecular complexity index is 345. The lowest BCUT2D eigenvalue weighted by molar-refractivity contribution is -0.150. The number of carbonyl (C=O) groups excluding carboxylic acids is 1. The summed E-state index contributed by atoms with van der Waals surface area (Å²) >= 11 is 0. The van der Waals surface area contributed by atoms with Crippen molar-refractivity contribution in [2.45, 2.75) is 31.8 Å². The molecule has 1 rings (SSSR count). The lowest BCUT2D eigenvalue weighted by atomic mass is 9.94. The van der Waals surface area contributed by atoms with Gasteiger partial charge in [0.25, 0.3) is 0 Å². The molecule has 18 heavy (non-hydrogen) atoms. The van der Waals surface area contributed by atoms with Crippen molar-refractivity contribution in [1.29, 1.82) is 5.26 Å². The molecule has 0 aromatic heterocycles. The van der Waals surface area contributed by atoms with Crippen LogP contribution < -0.4 is 0 Å². The number of amides is 1. The molecule has 0 aromatic carbocycles. The number of hydrogen-bond acceptors (Lipinski definition) is 4. The quantitative estimate of drug-likeness (QED) is 0.726. The number of piperazine rings is 1. The normalized spacial score (nSPS) is 24.4. The molecule has 1 amide bonds. The minimum absolute atomic E-state index is 0.0807. The third-order valence-corrected chi connectivity index (χ3v) is 3.51. The summed E-state index contributed by atoms with van der Waals surface area (Å²) in [6.45, 7) is 6.53. The Morgan fingerprint density at radius 1 is 1.50 bits per heavy atom. The van der Waals surface area contributed by atoms with Crippen LogP contribution in [-0.4, -0.2) is 73.0 Å². The number of hydrogen-bond donors (Lipinski definition) is 0. The van der Waals surface area contributed by atoms with Gasteiger partial charge in [0, 0.05) is 19.6 Å². The fourth-order valence-electron chi connectivity index (χ4n) is 2.52. The molecule has 1 heterocycles. The van der Waals surface area contributed by atoms with Crippen molar-refractivity contribution in [2.75, 3.05) is 40.8 Å². The second kappa shape index (κ2) is 5.68. The molecular weight excluding hydrogens is 228 g/mol. The third kappa shape index (κ3) is 3.21. The highest BCUT2D eigenvalue weighted by Gasteiger charge is 2.42. The second-order valence-electron chi connectivity index (χ2n) is 5.90. The van der Waals surface area contributed by atoms with E-state index in [0.29, 0.717) is 6.54 Å². The van der Waals surface area contributed by atoms with E-state index in [9.17, 15) is 4.79 Å². The SMILES string of the molecule is CN(C)CCN1C(=O)C(CC#N)N(C)CC1(C)C. The van der Waals surface area contributed by atoms with Crippen LogP contribution in [0.1, 0.15) is 20.3 Å². The molecule has 1 fully saturated rings. The molecule has 1 unspecified atom stereocenters. The summed E-state index contributed by atoms with van der Waals surface area (Å²) in [6.07, 6.45) is 0.268. The van der Waals surface area contributed by atoms with Gasteiger partial charge in [-0.2, -0.15) is 5.26 Å². The number of nitriles is 1. The molecule has 5 heteroatoms. The summed E-state index contributed by atoms with van der Waals surface area (Å²) in [6, 6.07) is 1.82. The highest BCUT2D eigenvalue weighted by molar-refractivity contribution is 5.83. The average Bonchev–Trinajstić information content (AvgIpc) is 2.22. The molecule has 1 saturated heterocycles. The van der Waals surface area contributed by atoms with E-state index in [1.54, 1.807) is 0 Å². The molecular formula is C13H24N4O. The van der Waals surface area contributed by atoms with Crippen molar-refractivity contribution in [3.05, 3.63) is 0 Å². The van der Waals surface area contributed by atoms with Crippen molar-refractivity contribution in [1.82, 2.24) is 14.7 Å². The van der Waals surface area contributed by atoms with E-state index < -0.39 is 0 Å². The molecule has 0 N–H and O–H groups in total. The van der Waals surface area contributed by atoms with Gasteiger partial charge in [-0.1, -0.05) is 0 Å². The van der Waals surface area contributed by atoms with Gasteiger partial charge in [-0.05, 0) is 35.0 Å². The van der Waals surface area contributed by atoms with Gasteiger partial charge in [-0.3, -0.25) is 9.69 Å². The van der Waals surface area contributed by atoms with Gasteiger partial charge in [-0.25, -0.2) is 0 Å². The maximum Gasteiger partial charge on any atom is 0.241 e. The fraction of sp³-hybridized carbons (Fsp3) is 0.846. The molecule has 1 aliphatic heterocycles. The van der Waals surface area contributed by atoms with Crippen molar-refractivity contribution in [3.63, 3.8) is 0 Å². The molecule has 5 nitrogen and oxygen atoms in total. The number of rotatable bonds is 4. The van der Waals surface area contributed by atoms with Crippen LogP contribution in [0.3, 0.4) is 0 Å². The smallest absolute Gasteiger partial charge is 0.241 e. The molecule has 0 spiro atoms. The Kier molecular flexibility index (Phi) is 4.71. The Balaban J connectivity index is 2.84. The van der Waals surface area contributed by atoms with Crippen LogP contribution in [-0.2, 0) is 4.79 Å². The standard InChI is InChI=1S/C13H24N4O/c1-13(2)10-16(5)11(6-7-14)12(18)17(13)9-8-15(3)4/h11H,6,8-10H2,1-5H3. The Morgan fingerprint density at radius 2 is 2.11 bits per heavy atom. The van der Waals surface area contributed by atoms with Crippen LogP contribution in [0.2, 0.25) is 0 Å². The van der Waals surface area contributed by atoms with Gasteiger partial charge in [0.15, 0.2) is 0 Å². The van der Waals surface area contributed by atoms with Gasteiger partial charge < -0.3 is 9.80 Å². The highest BCUT2D eigenvalue weighted by Crippen LogP contribution is 2.25. The van der Waals surface area contributed by atoms with Crippen molar-refractivity contribution >= 4 is 5.91 Å². The summed E-state index contributed by atoms with van der Waals surface area (Å²) in [5, 5.41) is 8.83. The first-order chi connectivity index (χ1) is 8.29. The van der Waals surface area contributed by atoms with E-state index in [0.717, 1.165) is 13.1 Å². The van der Waals surface area contributed by atoms with Crippen molar-refractivity contribution in [3.8, 4) is 6.07 Å². The lowest BCUT2D eigenvalue weighted by Crippen LogP contribution is -2.66. The summed E-state index contributed by atoms with van der Waals surface area (Å²) in [7, 11) is 5.92. The molecule has 0 bridgehead atoms. The van der Waals surface area contributed by atoms with Crippen LogP contribution in [0, 0.1) is 11.3 Å². The zero-order valence-electron chi connectivity index (χ0n) is 12.1. The van der Waals surface area contributed by atoms with E-state index >= 15 is 0 Å². The van der Waals surface area contributed by atoms with E-state index in [4.69, 9.17) is 5.26 Å². The predicted molar refractivity (Wildman–Crippen MR) is 71.0 cm³/mol. The molecule has 1 aliphatic rings. The van der Waals surface area contributed by atoms with Crippen molar-refractivity contribution < 1.29 is 4.79 Å². The van der Waals surface area contributed by atoms with Crippen LogP contribution in [0.15, 0.2) is 0 Å². The molecule has 1 atom stereocenters. The number of nitrogens with zero attached hydrogens (tertiary/aromatic N) is 4. The first-order valence-corrected chi connectivity index (χ1v) is 6.33. The predicted octanol–water partition coefficient (Wildman–Crippen LogP) is 0.383. The topological polar surface area (TPSA) is 50.6 Å². The summed E-state index contributed by atoms with van der Waals surface area (Å²) < 4.78 is 0. The average molecular weight is 252 g/mol. The monoisotopic (exact) mass is 252 g/mol. The highest BCUT2D eigenvalue weighted by atomic mass is 16.2. The van der Waals surface area contributed by atoms with Crippen LogP contribution in [0.25, 0.3) is 0 Å². The van der Waals surface area contributed by atoms with Crippen LogP contribution in [0.4, 0.5) is 0 Å².